The van der Waals surface area contributed by atoms with Gasteiger partial charge < -0.3 is 19.2 Å². The lowest BCUT2D eigenvalue weighted by Gasteiger charge is -2.32. The highest BCUT2D eigenvalue weighted by Crippen LogP contribution is 2.52. The van der Waals surface area contributed by atoms with Gasteiger partial charge in [0, 0.05) is 48.7 Å². The molecule has 4 aromatic rings. The first-order valence-corrected chi connectivity index (χ1v) is 16.9. The molecule has 3 aliphatic heterocycles. The summed E-state index contributed by atoms with van der Waals surface area (Å²) in [4.78, 5) is 5.18. The summed E-state index contributed by atoms with van der Waals surface area (Å²) in [5.41, 5.74) is 14.5. The van der Waals surface area contributed by atoms with Crippen molar-refractivity contribution in [2.75, 3.05) is 45.4 Å². The molecule has 42 heavy (non-hydrogen) atoms. The Hall–Kier alpha value is -3.39. The quantitative estimate of drug-likeness (QED) is 0.128. The summed E-state index contributed by atoms with van der Waals surface area (Å²) in [5.74, 6) is 0. The maximum absolute atomic E-state index is 4.68. The van der Waals surface area contributed by atoms with Crippen LogP contribution in [0.4, 0.5) is 22.7 Å². The Balaban J connectivity index is 1.28. The molecule has 7 nitrogen and oxygen atoms in total. The molecule has 7 rings (SSSR count). The first-order valence-electron chi connectivity index (χ1n) is 16.1. The monoisotopic (exact) mass is 581 g/mol. The van der Waals surface area contributed by atoms with Crippen LogP contribution in [0.2, 0.25) is 0 Å². The Bertz CT molecular complexity index is 1460. The number of unbranched alkanes of at least 4 members (excludes halogenated alkanes) is 4. The molecular weight excluding hydrogens is 538 g/mol. The maximum atomic E-state index is 4.68. The highest BCUT2D eigenvalue weighted by molar-refractivity contribution is 8.02. The molecule has 3 aliphatic rings. The molecule has 0 aliphatic carbocycles. The average molecular weight is 582 g/mol. The minimum Gasteiger partial charge on any atom is -0.371 e. The van der Waals surface area contributed by atoms with Crippen LogP contribution in [0.3, 0.4) is 0 Å². The first kappa shape index (κ1) is 27.4. The average Bonchev–Trinajstić information content (AvgIpc) is 3.70. The van der Waals surface area contributed by atoms with Crippen molar-refractivity contribution in [3.63, 3.8) is 0 Å². The molecule has 3 N–H and O–H groups in total. The van der Waals surface area contributed by atoms with Gasteiger partial charge in [0.15, 0.2) is 0 Å². The molecule has 0 radical (unpaired) electrons. The first-order chi connectivity index (χ1) is 20.8. The molecule has 0 bridgehead atoms. The van der Waals surface area contributed by atoms with Crippen molar-refractivity contribution in [3.05, 3.63) is 47.5 Å². The molecule has 0 unspecified atom stereocenters. The summed E-state index contributed by atoms with van der Waals surface area (Å²) >= 11 is 1.54. The van der Waals surface area contributed by atoms with E-state index in [1.165, 1.54) is 97.1 Å². The predicted octanol–water partition coefficient (Wildman–Crippen LogP) is 8.58. The third-order valence-electron chi connectivity index (χ3n) is 9.32. The molecule has 1 aromatic heterocycles. The fourth-order valence-corrected chi connectivity index (χ4v) is 7.87. The number of fused-ring (bicyclic) bond motifs is 4. The van der Waals surface area contributed by atoms with Gasteiger partial charge in [-0.1, -0.05) is 56.9 Å². The number of hydrogen-bond acceptors (Lipinski definition) is 7. The van der Waals surface area contributed by atoms with Crippen LogP contribution in [0.5, 0.6) is 0 Å². The van der Waals surface area contributed by atoms with Gasteiger partial charge in [0.1, 0.15) is 5.52 Å². The number of nitrogens with one attached hydrogen (secondary N) is 3. The van der Waals surface area contributed by atoms with E-state index in [1.54, 1.807) is 0 Å². The number of hydrogen-bond donors (Lipinski definition) is 3. The lowest BCUT2D eigenvalue weighted by molar-refractivity contribution is 0.638. The van der Waals surface area contributed by atoms with E-state index in [9.17, 15) is 0 Å². The molecular formula is C34H43N7S. The van der Waals surface area contributed by atoms with Gasteiger partial charge in [-0.2, -0.15) is 0 Å². The normalized spacial score (nSPS) is 15.8. The van der Waals surface area contributed by atoms with Gasteiger partial charge in [-0.3, -0.25) is 5.10 Å². The number of aryl methyl sites for hydroxylation is 2. The second kappa shape index (κ2) is 12.1. The predicted molar refractivity (Wildman–Crippen MR) is 180 cm³/mol. The number of nitrogens with zero attached hydrogens (tertiary/aromatic N) is 4. The van der Waals surface area contributed by atoms with Crippen LogP contribution in [-0.2, 0) is 12.8 Å². The zero-order chi connectivity index (χ0) is 28.5. The fourth-order valence-electron chi connectivity index (χ4n) is 7.20. The van der Waals surface area contributed by atoms with Crippen molar-refractivity contribution in [3.8, 4) is 22.3 Å². The van der Waals surface area contributed by atoms with Crippen LogP contribution >= 0.6 is 12.1 Å². The van der Waals surface area contributed by atoms with Crippen LogP contribution < -0.4 is 19.2 Å². The van der Waals surface area contributed by atoms with Gasteiger partial charge in [-0.05, 0) is 85.0 Å². The standard InChI is InChI=1S/C34H43N7S/c1-3-5-7-17-40-19-9-11-23-21-25(13-15-27(23)40)29-31-32(36-39-35-31)30(34-33(29)37-42-38-34)26-14-16-28-24(22-26)12-10-20-41(28)18-8-6-4-2/h13-16,21-22,37-38H,3-12,17-20H2,1-2H3,(H,35,36,39). The topological polar surface area (TPSA) is 72.1 Å². The summed E-state index contributed by atoms with van der Waals surface area (Å²) in [6.45, 7) is 9.18. The second-order valence-corrected chi connectivity index (χ2v) is 12.7. The van der Waals surface area contributed by atoms with Crippen molar-refractivity contribution >= 4 is 45.9 Å². The smallest absolute Gasteiger partial charge is 0.123 e. The molecule has 0 spiro atoms. The van der Waals surface area contributed by atoms with Gasteiger partial charge >= 0.3 is 0 Å². The Morgan fingerprint density at radius 1 is 0.738 bits per heavy atom. The summed E-state index contributed by atoms with van der Waals surface area (Å²) in [7, 11) is 0. The number of rotatable bonds is 10. The summed E-state index contributed by atoms with van der Waals surface area (Å²) in [5, 5.41) is 12.3. The van der Waals surface area contributed by atoms with Crippen molar-refractivity contribution in [1.82, 2.24) is 15.4 Å². The Morgan fingerprint density at radius 2 is 1.31 bits per heavy atom. The van der Waals surface area contributed by atoms with Crippen LogP contribution in [0.25, 0.3) is 33.3 Å². The highest BCUT2D eigenvalue weighted by atomic mass is 32.2. The van der Waals surface area contributed by atoms with Crippen molar-refractivity contribution in [2.45, 2.75) is 78.1 Å². The van der Waals surface area contributed by atoms with Crippen molar-refractivity contribution in [2.24, 2.45) is 0 Å². The van der Waals surface area contributed by atoms with E-state index in [0.29, 0.717) is 0 Å². The van der Waals surface area contributed by atoms with Crippen molar-refractivity contribution < 1.29 is 0 Å². The number of H-pyrrole nitrogens is 1. The van der Waals surface area contributed by atoms with E-state index in [0.717, 1.165) is 72.6 Å². The van der Waals surface area contributed by atoms with Gasteiger partial charge in [0.05, 0.1) is 29.0 Å². The highest BCUT2D eigenvalue weighted by Gasteiger charge is 2.29. The molecule has 8 heteroatoms. The minimum absolute atomic E-state index is 0.926. The van der Waals surface area contributed by atoms with E-state index in [-0.39, 0.29) is 0 Å². The molecule has 0 saturated carbocycles. The van der Waals surface area contributed by atoms with E-state index < -0.39 is 0 Å². The van der Waals surface area contributed by atoms with Crippen LogP contribution in [-0.4, -0.2) is 41.6 Å². The Labute approximate surface area is 254 Å². The SMILES string of the molecule is CCCCCN1CCCc2cc(-c3c4c(c(-c5ccc6c(c5)CCCN6CCCCC)c5[nH]nnc35)NSN4)ccc21. The van der Waals surface area contributed by atoms with E-state index >= 15 is 0 Å². The maximum Gasteiger partial charge on any atom is 0.123 e. The molecule has 0 fully saturated rings. The number of anilines is 4. The molecule has 0 atom stereocenters. The van der Waals surface area contributed by atoms with Gasteiger partial charge in [-0.25, -0.2) is 0 Å². The minimum atomic E-state index is 0.926. The van der Waals surface area contributed by atoms with E-state index in [4.69, 9.17) is 0 Å². The molecule has 3 aromatic carbocycles. The fraction of sp³-hybridized carbons (Fsp3) is 0.471. The Kier molecular flexibility index (Phi) is 7.89. The number of benzene rings is 3. The summed E-state index contributed by atoms with van der Waals surface area (Å²) in [6, 6.07) is 14.1. The zero-order valence-corrected chi connectivity index (χ0v) is 25.9. The van der Waals surface area contributed by atoms with Gasteiger partial charge in [-0.15, -0.1) is 5.10 Å². The van der Waals surface area contributed by atoms with E-state index in [2.05, 4.69) is 84.9 Å². The Morgan fingerprint density at radius 3 is 1.90 bits per heavy atom. The van der Waals surface area contributed by atoms with Crippen LogP contribution in [0.15, 0.2) is 36.4 Å². The third kappa shape index (κ3) is 4.97. The zero-order valence-electron chi connectivity index (χ0n) is 25.1. The van der Waals surface area contributed by atoms with E-state index in [1.807, 2.05) is 0 Å². The number of aromatic amines is 1. The largest absolute Gasteiger partial charge is 0.371 e. The van der Waals surface area contributed by atoms with Gasteiger partial charge in [0.2, 0.25) is 0 Å². The lowest BCUT2D eigenvalue weighted by atomic mass is 9.90. The van der Waals surface area contributed by atoms with Crippen LogP contribution in [0, 0.1) is 0 Å². The van der Waals surface area contributed by atoms with Gasteiger partial charge in [0.25, 0.3) is 0 Å². The van der Waals surface area contributed by atoms with Crippen LogP contribution in [0.1, 0.15) is 76.3 Å². The third-order valence-corrected chi connectivity index (χ3v) is 9.93. The molecule has 0 amide bonds. The van der Waals surface area contributed by atoms with Crippen molar-refractivity contribution in [1.29, 1.82) is 0 Å². The molecule has 0 saturated heterocycles. The second-order valence-electron chi connectivity index (χ2n) is 12.1. The summed E-state index contributed by atoms with van der Waals surface area (Å²) < 4.78 is 7.18. The summed E-state index contributed by atoms with van der Waals surface area (Å²) in [6.07, 6.45) is 12.3. The lowest BCUT2D eigenvalue weighted by Crippen LogP contribution is -2.30. The molecule has 4 heterocycles. The molecule has 220 valence electrons. The number of aromatic nitrogens is 3.